The van der Waals surface area contributed by atoms with Crippen LogP contribution in [0.15, 0.2) is 30.3 Å². The van der Waals surface area contributed by atoms with Gasteiger partial charge in [0.15, 0.2) is 0 Å². The number of benzene rings is 1. The molecular formula is C21H34N2O3. The number of para-hydroxylation sites is 1. The van der Waals surface area contributed by atoms with Crippen LogP contribution in [-0.4, -0.2) is 41.8 Å². The van der Waals surface area contributed by atoms with Gasteiger partial charge in [-0.3, -0.25) is 14.5 Å². The quantitative estimate of drug-likeness (QED) is 0.546. The van der Waals surface area contributed by atoms with Gasteiger partial charge in [-0.1, -0.05) is 45.4 Å². The van der Waals surface area contributed by atoms with E-state index < -0.39 is 6.04 Å². The third-order valence-corrected chi connectivity index (χ3v) is 4.55. The van der Waals surface area contributed by atoms with E-state index in [0.717, 1.165) is 25.0 Å². The maximum absolute atomic E-state index is 12.3. The Labute approximate surface area is 157 Å². The molecule has 0 aliphatic heterocycles. The lowest BCUT2D eigenvalue weighted by Gasteiger charge is -2.37. The van der Waals surface area contributed by atoms with Crippen LogP contribution in [-0.2, 0) is 9.59 Å². The molecule has 0 bridgehead atoms. The Hall–Kier alpha value is -1.88. The fourth-order valence-electron chi connectivity index (χ4n) is 3.29. The van der Waals surface area contributed by atoms with Gasteiger partial charge in [-0.05, 0) is 50.8 Å². The Bertz CT molecular complexity index is 545. The average molecular weight is 363 g/mol. The highest BCUT2D eigenvalue weighted by atomic mass is 16.5. The molecule has 0 saturated heterocycles. The van der Waals surface area contributed by atoms with Crippen molar-refractivity contribution in [2.24, 2.45) is 11.7 Å². The molecule has 0 spiro atoms. The first-order valence-corrected chi connectivity index (χ1v) is 9.61. The van der Waals surface area contributed by atoms with Crippen molar-refractivity contribution < 1.29 is 14.3 Å². The van der Waals surface area contributed by atoms with E-state index >= 15 is 0 Å². The standard InChI is InChI=1S/C21H34N2O3/c1-5-6-14-23(20(16(2)3)21(22)25)19(17(4)24)13-10-15-26-18-11-8-7-9-12-18/h7-9,11-12,16,19-20H,5-6,10,13-15H2,1-4H3,(H2,22,25). The monoisotopic (exact) mass is 362 g/mol. The lowest BCUT2D eigenvalue weighted by molar-refractivity contribution is -0.130. The lowest BCUT2D eigenvalue weighted by atomic mass is 9.96. The number of carbonyl (C=O) groups excluding carboxylic acids is 2. The molecule has 0 saturated carbocycles. The predicted molar refractivity (Wildman–Crippen MR) is 105 cm³/mol. The number of rotatable bonds is 13. The Kier molecular flexibility index (Phi) is 9.96. The van der Waals surface area contributed by atoms with Gasteiger partial charge in [0.25, 0.3) is 0 Å². The normalized spacial score (nSPS) is 13.6. The molecule has 0 aliphatic carbocycles. The van der Waals surface area contributed by atoms with Crippen molar-refractivity contribution in [1.29, 1.82) is 0 Å². The number of ether oxygens (including phenoxy) is 1. The molecule has 2 atom stereocenters. The number of nitrogens with two attached hydrogens (primary N) is 1. The molecule has 0 fully saturated rings. The Morgan fingerprint density at radius 1 is 1.15 bits per heavy atom. The molecule has 1 aromatic rings. The summed E-state index contributed by atoms with van der Waals surface area (Å²) in [6.07, 6.45) is 3.33. The van der Waals surface area contributed by atoms with E-state index in [0.29, 0.717) is 19.6 Å². The molecule has 2 N–H and O–H groups in total. The number of ketones is 1. The Morgan fingerprint density at radius 3 is 2.31 bits per heavy atom. The molecular weight excluding hydrogens is 328 g/mol. The number of hydrogen-bond acceptors (Lipinski definition) is 4. The molecule has 0 heterocycles. The summed E-state index contributed by atoms with van der Waals surface area (Å²) in [7, 11) is 0. The highest BCUT2D eigenvalue weighted by Gasteiger charge is 2.33. The first kappa shape index (κ1) is 22.2. The van der Waals surface area contributed by atoms with Crippen molar-refractivity contribution in [3.8, 4) is 5.75 Å². The predicted octanol–water partition coefficient (Wildman–Crippen LogP) is 3.42. The lowest BCUT2D eigenvalue weighted by Crippen LogP contribution is -2.54. The SMILES string of the molecule is CCCCN(C(CCCOc1ccccc1)C(C)=O)C(C(N)=O)C(C)C. The molecule has 0 aromatic heterocycles. The molecule has 2 unspecified atom stereocenters. The van der Waals surface area contributed by atoms with Crippen LogP contribution in [0.25, 0.3) is 0 Å². The molecule has 0 radical (unpaired) electrons. The number of amides is 1. The first-order chi connectivity index (χ1) is 12.4. The zero-order chi connectivity index (χ0) is 19.5. The first-order valence-electron chi connectivity index (χ1n) is 9.61. The molecule has 1 amide bonds. The number of primary amides is 1. The van der Waals surface area contributed by atoms with Crippen LogP contribution in [0.4, 0.5) is 0 Å². The van der Waals surface area contributed by atoms with Gasteiger partial charge >= 0.3 is 0 Å². The third kappa shape index (κ3) is 7.16. The van der Waals surface area contributed by atoms with Crippen LogP contribution < -0.4 is 10.5 Å². The molecule has 1 rings (SSSR count). The zero-order valence-corrected chi connectivity index (χ0v) is 16.6. The number of hydrogen-bond donors (Lipinski definition) is 1. The van der Waals surface area contributed by atoms with Crippen molar-refractivity contribution in [2.45, 2.75) is 65.5 Å². The number of unbranched alkanes of at least 4 members (excludes halogenated alkanes) is 1. The van der Waals surface area contributed by atoms with Gasteiger partial charge in [0, 0.05) is 0 Å². The van der Waals surface area contributed by atoms with E-state index in [1.165, 1.54) is 0 Å². The molecule has 146 valence electrons. The fourth-order valence-corrected chi connectivity index (χ4v) is 3.29. The molecule has 0 aliphatic rings. The van der Waals surface area contributed by atoms with Crippen molar-refractivity contribution >= 4 is 11.7 Å². The Balaban J connectivity index is 2.76. The maximum atomic E-state index is 12.3. The summed E-state index contributed by atoms with van der Waals surface area (Å²) in [5.74, 6) is 0.606. The summed E-state index contributed by atoms with van der Waals surface area (Å²) in [6, 6.07) is 8.91. The minimum atomic E-state index is -0.425. The van der Waals surface area contributed by atoms with Gasteiger partial charge in [0.1, 0.15) is 11.5 Å². The van der Waals surface area contributed by atoms with Crippen molar-refractivity contribution in [3.05, 3.63) is 30.3 Å². The van der Waals surface area contributed by atoms with E-state index in [2.05, 4.69) is 6.92 Å². The largest absolute Gasteiger partial charge is 0.494 e. The summed E-state index contributed by atoms with van der Waals surface area (Å²) in [6.45, 7) is 8.89. The molecule has 1 aromatic carbocycles. The van der Waals surface area contributed by atoms with Crippen LogP contribution in [0.5, 0.6) is 5.75 Å². The minimum absolute atomic E-state index is 0.0618. The van der Waals surface area contributed by atoms with Gasteiger partial charge < -0.3 is 10.5 Å². The molecule has 26 heavy (non-hydrogen) atoms. The summed E-state index contributed by atoms with van der Waals surface area (Å²) in [5, 5.41) is 0. The second-order valence-corrected chi connectivity index (χ2v) is 7.11. The van der Waals surface area contributed by atoms with E-state index in [-0.39, 0.29) is 23.7 Å². The summed E-state index contributed by atoms with van der Waals surface area (Å²) < 4.78 is 5.73. The van der Waals surface area contributed by atoms with Crippen molar-refractivity contribution in [3.63, 3.8) is 0 Å². The number of Topliss-reactive ketones (excluding diaryl/α,β-unsaturated/α-hetero) is 1. The summed E-state index contributed by atoms with van der Waals surface area (Å²) in [4.78, 5) is 26.4. The van der Waals surface area contributed by atoms with E-state index in [1.54, 1.807) is 6.92 Å². The topological polar surface area (TPSA) is 72.6 Å². The molecule has 5 heteroatoms. The van der Waals surface area contributed by atoms with Crippen LogP contribution in [0, 0.1) is 5.92 Å². The molecule has 5 nitrogen and oxygen atoms in total. The van der Waals surface area contributed by atoms with Crippen LogP contribution in [0.1, 0.15) is 53.4 Å². The third-order valence-electron chi connectivity index (χ3n) is 4.55. The van der Waals surface area contributed by atoms with Gasteiger partial charge in [-0.15, -0.1) is 0 Å². The average Bonchev–Trinajstić information content (AvgIpc) is 2.58. The van der Waals surface area contributed by atoms with E-state index in [9.17, 15) is 9.59 Å². The van der Waals surface area contributed by atoms with Crippen LogP contribution in [0.2, 0.25) is 0 Å². The zero-order valence-electron chi connectivity index (χ0n) is 16.6. The second kappa shape index (κ2) is 11.7. The van der Waals surface area contributed by atoms with Gasteiger partial charge in [0.2, 0.25) is 5.91 Å². The summed E-state index contributed by atoms with van der Waals surface area (Å²) in [5.41, 5.74) is 5.66. The van der Waals surface area contributed by atoms with Gasteiger partial charge in [-0.2, -0.15) is 0 Å². The minimum Gasteiger partial charge on any atom is -0.494 e. The van der Waals surface area contributed by atoms with E-state index in [4.69, 9.17) is 10.5 Å². The number of nitrogens with zero attached hydrogens (tertiary/aromatic N) is 1. The smallest absolute Gasteiger partial charge is 0.235 e. The van der Waals surface area contributed by atoms with Gasteiger partial charge in [0.05, 0.1) is 18.7 Å². The Morgan fingerprint density at radius 2 is 1.81 bits per heavy atom. The summed E-state index contributed by atoms with van der Waals surface area (Å²) >= 11 is 0. The van der Waals surface area contributed by atoms with Crippen molar-refractivity contribution in [2.75, 3.05) is 13.2 Å². The van der Waals surface area contributed by atoms with Crippen molar-refractivity contribution in [1.82, 2.24) is 4.90 Å². The van der Waals surface area contributed by atoms with Crippen LogP contribution >= 0.6 is 0 Å². The van der Waals surface area contributed by atoms with Crippen LogP contribution in [0.3, 0.4) is 0 Å². The number of carbonyl (C=O) groups is 2. The highest BCUT2D eigenvalue weighted by molar-refractivity contribution is 5.84. The van der Waals surface area contributed by atoms with E-state index in [1.807, 2.05) is 49.1 Å². The fraction of sp³-hybridized carbons (Fsp3) is 0.619. The van der Waals surface area contributed by atoms with Gasteiger partial charge in [-0.25, -0.2) is 0 Å². The maximum Gasteiger partial charge on any atom is 0.235 e. The highest BCUT2D eigenvalue weighted by Crippen LogP contribution is 2.20. The second-order valence-electron chi connectivity index (χ2n) is 7.11.